The van der Waals surface area contributed by atoms with E-state index >= 15 is 0 Å². The van der Waals surface area contributed by atoms with E-state index in [1.807, 2.05) is 31.3 Å². The Morgan fingerprint density at radius 2 is 2.00 bits per heavy atom. The van der Waals surface area contributed by atoms with Crippen molar-refractivity contribution in [3.05, 3.63) is 51.8 Å². The highest BCUT2D eigenvalue weighted by atomic mass is 79.9. The van der Waals surface area contributed by atoms with Crippen molar-refractivity contribution < 1.29 is 4.79 Å². The first kappa shape index (κ1) is 14.8. The summed E-state index contributed by atoms with van der Waals surface area (Å²) in [6.45, 7) is 2.62. The van der Waals surface area contributed by atoms with E-state index in [1.165, 1.54) is 5.56 Å². The summed E-state index contributed by atoms with van der Waals surface area (Å²) in [5.74, 6) is 0.0146. The molecule has 0 unspecified atom stereocenters. The summed E-state index contributed by atoms with van der Waals surface area (Å²) in [6.07, 6.45) is 2.72. The van der Waals surface area contributed by atoms with Crippen LogP contribution >= 0.6 is 15.9 Å². The summed E-state index contributed by atoms with van der Waals surface area (Å²) in [5.41, 5.74) is 2.92. The van der Waals surface area contributed by atoms with Gasteiger partial charge >= 0.3 is 0 Å². The molecule has 0 spiro atoms. The fourth-order valence-corrected chi connectivity index (χ4v) is 2.49. The Kier molecular flexibility index (Phi) is 4.60. The first-order chi connectivity index (χ1) is 9.52. The molecule has 5 heteroatoms. The standard InChI is InChI=1S/C15H18BrN3O/c1-4-11-5-7-12(8-6-11)15(20)18(2)10-14-13(16)9-17-19(14)3/h5-9H,4,10H2,1-3H3. The summed E-state index contributed by atoms with van der Waals surface area (Å²) in [7, 11) is 3.67. The quantitative estimate of drug-likeness (QED) is 0.861. The Hall–Kier alpha value is -1.62. The second-order valence-corrected chi connectivity index (χ2v) is 5.63. The van der Waals surface area contributed by atoms with Gasteiger partial charge in [0, 0.05) is 19.7 Å². The molecule has 0 radical (unpaired) electrons. The van der Waals surface area contributed by atoms with Gasteiger partial charge in [0.15, 0.2) is 0 Å². The number of carbonyl (C=O) groups excluding carboxylic acids is 1. The molecule has 0 atom stereocenters. The normalized spacial score (nSPS) is 10.6. The molecule has 4 nitrogen and oxygen atoms in total. The van der Waals surface area contributed by atoms with Gasteiger partial charge in [-0.05, 0) is 40.0 Å². The zero-order chi connectivity index (χ0) is 14.7. The van der Waals surface area contributed by atoms with Gasteiger partial charge in [-0.1, -0.05) is 19.1 Å². The van der Waals surface area contributed by atoms with E-state index in [-0.39, 0.29) is 5.91 Å². The molecular weight excluding hydrogens is 318 g/mol. The Morgan fingerprint density at radius 3 is 2.50 bits per heavy atom. The molecule has 2 aromatic rings. The van der Waals surface area contributed by atoms with Crippen molar-refractivity contribution >= 4 is 21.8 Å². The van der Waals surface area contributed by atoms with E-state index in [9.17, 15) is 4.79 Å². The monoisotopic (exact) mass is 335 g/mol. The average Bonchev–Trinajstić information content (AvgIpc) is 2.78. The van der Waals surface area contributed by atoms with E-state index in [0.29, 0.717) is 12.1 Å². The van der Waals surface area contributed by atoms with Crippen LogP contribution in [0.15, 0.2) is 34.9 Å². The molecule has 0 N–H and O–H groups in total. The van der Waals surface area contributed by atoms with E-state index < -0.39 is 0 Å². The lowest BCUT2D eigenvalue weighted by Crippen LogP contribution is -2.27. The highest BCUT2D eigenvalue weighted by molar-refractivity contribution is 9.10. The molecule has 1 aromatic heterocycles. The molecule has 0 saturated carbocycles. The third-order valence-electron chi connectivity index (χ3n) is 3.35. The van der Waals surface area contributed by atoms with Crippen LogP contribution in [-0.4, -0.2) is 27.6 Å². The summed E-state index contributed by atoms with van der Waals surface area (Å²) in [5, 5.41) is 4.16. The number of amides is 1. The van der Waals surface area contributed by atoms with Gasteiger partial charge < -0.3 is 4.90 Å². The van der Waals surface area contributed by atoms with Gasteiger partial charge in [-0.3, -0.25) is 9.48 Å². The van der Waals surface area contributed by atoms with Gasteiger partial charge in [-0.25, -0.2) is 0 Å². The van der Waals surface area contributed by atoms with Crippen LogP contribution in [0.2, 0.25) is 0 Å². The largest absolute Gasteiger partial charge is 0.336 e. The topological polar surface area (TPSA) is 38.1 Å². The molecule has 20 heavy (non-hydrogen) atoms. The maximum atomic E-state index is 12.4. The van der Waals surface area contributed by atoms with Gasteiger partial charge in [-0.2, -0.15) is 5.10 Å². The van der Waals surface area contributed by atoms with Crippen molar-refractivity contribution in [2.45, 2.75) is 19.9 Å². The number of hydrogen-bond acceptors (Lipinski definition) is 2. The SMILES string of the molecule is CCc1ccc(C(=O)N(C)Cc2c(Br)cnn2C)cc1. The lowest BCUT2D eigenvalue weighted by Gasteiger charge is -2.18. The summed E-state index contributed by atoms with van der Waals surface area (Å²) < 4.78 is 2.69. The number of aromatic nitrogens is 2. The lowest BCUT2D eigenvalue weighted by molar-refractivity contribution is 0.0781. The van der Waals surface area contributed by atoms with Crippen molar-refractivity contribution in [2.75, 3.05) is 7.05 Å². The lowest BCUT2D eigenvalue weighted by atomic mass is 10.1. The van der Waals surface area contributed by atoms with Crippen molar-refractivity contribution in [1.29, 1.82) is 0 Å². The van der Waals surface area contributed by atoms with Gasteiger partial charge in [-0.15, -0.1) is 0 Å². The van der Waals surface area contributed by atoms with Crippen molar-refractivity contribution in [2.24, 2.45) is 7.05 Å². The van der Waals surface area contributed by atoms with Gasteiger partial charge in [0.2, 0.25) is 0 Å². The minimum Gasteiger partial charge on any atom is -0.336 e. The van der Waals surface area contributed by atoms with Crippen LogP contribution in [0.5, 0.6) is 0 Å². The van der Waals surface area contributed by atoms with Crippen LogP contribution in [-0.2, 0) is 20.0 Å². The Balaban J connectivity index is 2.12. The summed E-state index contributed by atoms with van der Waals surface area (Å²) >= 11 is 3.45. The molecule has 106 valence electrons. The Bertz CT molecular complexity index is 585. The zero-order valence-electron chi connectivity index (χ0n) is 11.9. The van der Waals surface area contributed by atoms with Gasteiger partial charge in [0.1, 0.15) is 0 Å². The number of aryl methyl sites for hydroxylation is 2. The molecule has 0 aliphatic rings. The van der Waals surface area contributed by atoms with Crippen molar-refractivity contribution in [3.63, 3.8) is 0 Å². The zero-order valence-corrected chi connectivity index (χ0v) is 13.5. The number of carbonyl (C=O) groups is 1. The summed E-state index contributed by atoms with van der Waals surface area (Å²) in [6, 6.07) is 7.77. The Labute approximate surface area is 127 Å². The summed E-state index contributed by atoms with van der Waals surface area (Å²) in [4.78, 5) is 14.1. The van der Waals surface area contributed by atoms with E-state index in [4.69, 9.17) is 0 Å². The van der Waals surface area contributed by atoms with Crippen LogP contribution < -0.4 is 0 Å². The highest BCUT2D eigenvalue weighted by Gasteiger charge is 2.15. The predicted molar refractivity (Wildman–Crippen MR) is 82.5 cm³/mol. The van der Waals surface area contributed by atoms with Crippen molar-refractivity contribution in [1.82, 2.24) is 14.7 Å². The van der Waals surface area contributed by atoms with Crippen LogP contribution in [0.3, 0.4) is 0 Å². The number of nitrogens with zero attached hydrogens (tertiary/aromatic N) is 3. The Morgan fingerprint density at radius 1 is 1.35 bits per heavy atom. The number of halogens is 1. The molecule has 1 amide bonds. The predicted octanol–water partition coefficient (Wildman–Crippen LogP) is 3.02. The highest BCUT2D eigenvalue weighted by Crippen LogP contribution is 2.17. The fraction of sp³-hybridized carbons (Fsp3) is 0.333. The van der Waals surface area contributed by atoms with Crippen molar-refractivity contribution in [3.8, 4) is 0 Å². The molecule has 0 fully saturated rings. The number of rotatable bonds is 4. The molecular formula is C15H18BrN3O. The average molecular weight is 336 g/mol. The number of hydrogen-bond donors (Lipinski definition) is 0. The minimum atomic E-state index is 0.0146. The van der Waals surface area contributed by atoms with E-state index in [0.717, 1.165) is 16.6 Å². The van der Waals surface area contributed by atoms with Crippen LogP contribution in [0, 0.1) is 0 Å². The number of benzene rings is 1. The third kappa shape index (κ3) is 3.10. The molecule has 1 aromatic carbocycles. The van der Waals surface area contributed by atoms with Gasteiger partial charge in [0.05, 0.1) is 22.9 Å². The van der Waals surface area contributed by atoms with E-state index in [2.05, 4.69) is 28.0 Å². The van der Waals surface area contributed by atoms with Crippen LogP contribution in [0.1, 0.15) is 28.5 Å². The van der Waals surface area contributed by atoms with Gasteiger partial charge in [0.25, 0.3) is 5.91 Å². The third-order valence-corrected chi connectivity index (χ3v) is 4.02. The smallest absolute Gasteiger partial charge is 0.253 e. The van der Waals surface area contributed by atoms with Crippen LogP contribution in [0.25, 0.3) is 0 Å². The second kappa shape index (κ2) is 6.22. The molecule has 0 saturated heterocycles. The first-order valence-electron chi connectivity index (χ1n) is 6.53. The molecule has 2 rings (SSSR count). The molecule has 0 aliphatic carbocycles. The van der Waals surface area contributed by atoms with E-state index in [1.54, 1.807) is 22.8 Å². The first-order valence-corrected chi connectivity index (χ1v) is 7.33. The molecule has 1 heterocycles. The minimum absolute atomic E-state index is 0.0146. The molecule has 0 aliphatic heterocycles. The van der Waals surface area contributed by atoms with Crippen LogP contribution in [0.4, 0.5) is 0 Å². The molecule has 0 bridgehead atoms. The second-order valence-electron chi connectivity index (χ2n) is 4.77. The maximum absolute atomic E-state index is 12.4. The fourth-order valence-electron chi connectivity index (χ4n) is 2.01. The maximum Gasteiger partial charge on any atom is 0.253 e.